The van der Waals surface area contributed by atoms with Crippen LogP contribution in [-0.2, 0) is 12.8 Å². The molecule has 0 aliphatic carbocycles. The first-order chi connectivity index (χ1) is 14.0. The quantitative estimate of drug-likeness (QED) is 0.458. The number of halogens is 1. The Morgan fingerprint density at radius 3 is 2.03 bits per heavy atom. The van der Waals surface area contributed by atoms with Gasteiger partial charge in [0.25, 0.3) is 5.91 Å². The van der Waals surface area contributed by atoms with Gasteiger partial charge in [-0.2, -0.15) is 0 Å². The number of amides is 1. The lowest BCUT2D eigenvalue weighted by Gasteiger charge is -2.11. The summed E-state index contributed by atoms with van der Waals surface area (Å²) in [7, 11) is 1.78. The van der Waals surface area contributed by atoms with Crippen LogP contribution >= 0.6 is 15.9 Å². The molecule has 0 aliphatic rings. The Balaban J connectivity index is 1.61. The van der Waals surface area contributed by atoms with Crippen LogP contribution in [0.3, 0.4) is 0 Å². The summed E-state index contributed by atoms with van der Waals surface area (Å²) in [6.45, 7) is 0. The van der Waals surface area contributed by atoms with Crippen molar-refractivity contribution >= 4 is 39.2 Å². The van der Waals surface area contributed by atoms with Gasteiger partial charge in [-0.05, 0) is 66.4 Å². The van der Waals surface area contributed by atoms with Crippen molar-refractivity contribution in [2.75, 3.05) is 17.7 Å². The lowest BCUT2D eigenvalue weighted by Crippen LogP contribution is -2.14. The van der Waals surface area contributed by atoms with E-state index in [1.807, 2.05) is 48.5 Å². The number of carbonyl (C=O) groups excluding carboxylic acids is 1. The third-order valence-electron chi connectivity index (χ3n) is 4.61. The molecule has 3 aromatic carbocycles. The number of nitrogens with one attached hydrogen (secondary N) is 2. The summed E-state index contributed by atoms with van der Waals surface area (Å²) >= 11 is 3.40. The smallest absolute Gasteiger partial charge is 0.335 e. The lowest BCUT2D eigenvalue weighted by atomic mass is 10.0. The molecule has 0 saturated carbocycles. The predicted molar refractivity (Wildman–Crippen MR) is 119 cm³/mol. The summed E-state index contributed by atoms with van der Waals surface area (Å²) < 4.78 is 0.841. The van der Waals surface area contributed by atoms with Gasteiger partial charge >= 0.3 is 5.97 Å². The maximum absolute atomic E-state index is 12.6. The van der Waals surface area contributed by atoms with Crippen molar-refractivity contribution in [3.05, 3.63) is 93.5 Å². The molecule has 0 spiro atoms. The number of anilines is 2. The fraction of sp³-hybridized carbons (Fsp3) is 0.130. The van der Waals surface area contributed by atoms with Crippen molar-refractivity contribution in [2.24, 2.45) is 0 Å². The average molecular weight is 453 g/mol. The van der Waals surface area contributed by atoms with Gasteiger partial charge in [0, 0.05) is 22.9 Å². The Hall–Kier alpha value is -3.12. The third kappa shape index (κ3) is 5.45. The minimum absolute atomic E-state index is 0.179. The first kappa shape index (κ1) is 20.6. The molecule has 148 valence electrons. The first-order valence-corrected chi connectivity index (χ1v) is 9.95. The summed E-state index contributed by atoms with van der Waals surface area (Å²) in [4.78, 5) is 23.5. The van der Waals surface area contributed by atoms with Gasteiger partial charge in [-0.3, -0.25) is 4.79 Å². The highest BCUT2D eigenvalue weighted by atomic mass is 79.9. The van der Waals surface area contributed by atoms with Crippen molar-refractivity contribution in [1.29, 1.82) is 0 Å². The van der Waals surface area contributed by atoms with E-state index in [4.69, 9.17) is 5.11 Å². The van der Waals surface area contributed by atoms with Crippen LogP contribution in [0.15, 0.2) is 71.2 Å². The molecule has 1 amide bonds. The molecule has 0 radical (unpaired) electrons. The molecule has 0 aliphatic heterocycles. The minimum atomic E-state index is -0.918. The number of hydrogen-bond acceptors (Lipinski definition) is 3. The third-order valence-corrected chi connectivity index (χ3v) is 5.10. The highest BCUT2D eigenvalue weighted by Crippen LogP contribution is 2.22. The molecular formula is C23H21BrN2O3. The number of carboxylic acid groups (broad SMARTS) is 1. The molecule has 0 saturated heterocycles. The second-order valence-corrected chi connectivity index (χ2v) is 7.51. The molecular weight excluding hydrogens is 432 g/mol. The maximum atomic E-state index is 12.6. The van der Waals surface area contributed by atoms with Crippen molar-refractivity contribution in [1.82, 2.24) is 0 Å². The van der Waals surface area contributed by atoms with Crippen LogP contribution in [0.25, 0.3) is 0 Å². The molecule has 0 unspecified atom stereocenters. The zero-order valence-electron chi connectivity index (χ0n) is 15.9. The van der Waals surface area contributed by atoms with Gasteiger partial charge in [0.05, 0.1) is 11.1 Å². The molecule has 29 heavy (non-hydrogen) atoms. The molecule has 0 aromatic heterocycles. The van der Waals surface area contributed by atoms with Crippen molar-refractivity contribution in [3.8, 4) is 0 Å². The Morgan fingerprint density at radius 2 is 1.48 bits per heavy atom. The van der Waals surface area contributed by atoms with E-state index >= 15 is 0 Å². The molecule has 0 atom stereocenters. The van der Waals surface area contributed by atoms with Crippen molar-refractivity contribution in [3.63, 3.8) is 0 Å². The lowest BCUT2D eigenvalue weighted by molar-refractivity contribution is 0.0696. The average Bonchev–Trinajstić information content (AvgIpc) is 2.73. The van der Waals surface area contributed by atoms with E-state index in [1.165, 1.54) is 0 Å². The normalized spacial score (nSPS) is 10.4. The predicted octanol–water partition coefficient (Wildman–Crippen LogP) is 5.23. The summed E-state index contributed by atoms with van der Waals surface area (Å²) in [5, 5.41) is 14.9. The van der Waals surface area contributed by atoms with Crippen molar-refractivity contribution in [2.45, 2.75) is 12.8 Å². The Bertz CT molecular complexity index is 1020. The molecule has 3 aromatic rings. The van der Waals surface area contributed by atoms with Crippen LogP contribution in [-0.4, -0.2) is 24.0 Å². The van der Waals surface area contributed by atoms with Crippen LogP contribution < -0.4 is 10.6 Å². The second kappa shape index (κ2) is 9.39. The van der Waals surface area contributed by atoms with Gasteiger partial charge in [0.1, 0.15) is 0 Å². The number of hydrogen-bond donors (Lipinski definition) is 3. The summed E-state index contributed by atoms with van der Waals surface area (Å²) in [5.74, 6) is -1.10. The van der Waals surface area contributed by atoms with E-state index in [0.717, 1.165) is 39.8 Å². The van der Waals surface area contributed by atoms with Crippen LogP contribution in [0.2, 0.25) is 0 Å². The number of benzene rings is 3. The van der Waals surface area contributed by atoms with Crippen LogP contribution in [0.1, 0.15) is 31.8 Å². The van der Waals surface area contributed by atoms with Crippen LogP contribution in [0, 0.1) is 0 Å². The minimum Gasteiger partial charge on any atom is -0.478 e. The summed E-state index contributed by atoms with van der Waals surface area (Å²) in [5.41, 5.74) is 4.57. The SMILES string of the molecule is CNc1ccc(Br)cc1C(=O)Nc1ccc(CCc2ccc(C(=O)O)cc2)cc1. The number of aryl methyl sites for hydroxylation is 2. The molecule has 0 heterocycles. The Labute approximate surface area is 177 Å². The molecule has 0 bridgehead atoms. The van der Waals surface area contributed by atoms with Gasteiger partial charge in [-0.15, -0.1) is 0 Å². The van der Waals surface area contributed by atoms with Gasteiger partial charge < -0.3 is 15.7 Å². The zero-order chi connectivity index (χ0) is 20.8. The summed E-state index contributed by atoms with van der Waals surface area (Å²) in [6.07, 6.45) is 1.64. The molecule has 3 rings (SSSR count). The van der Waals surface area contributed by atoms with Gasteiger partial charge in [0.2, 0.25) is 0 Å². The van der Waals surface area contributed by atoms with E-state index in [1.54, 1.807) is 25.2 Å². The van der Waals surface area contributed by atoms with E-state index in [9.17, 15) is 9.59 Å². The second-order valence-electron chi connectivity index (χ2n) is 6.59. The van der Waals surface area contributed by atoms with Crippen LogP contribution in [0.4, 0.5) is 11.4 Å². The van der Waals surface area contributed by atoms with E-state index < -0.39 is 5.97 Å². The summed E-state index contributed by atoms with van der Waals surface area (Å²) in [6, 6.07) is 20.2. The standard InChI is InChI=1S/C23H21BrN2O3/c1-25-21-13-10-18(24)14-20(21)22(27)26-19-11-6-16(7-12-19)3-2-15-4-8-17(9-5-15)23(28)29/h4-14,25H,2-3H2,1H3,(H,26,27)(H,28,29). The fourth-order valence-electron chi connectivity index (χ4n) is 2.98. The van der Waals surface area contributed by atoms with Gasteiger partial charge in [-0.25, -0.2) is 4.79 Å². The number of aromatic carboxylic acids is 1. The number of rotatable bonds is 7. The van der Waals surface area contributed by atoms with E-state index in [2.05, 4.69) is 26.6 Å². The topological polar surface area (TPSA) is 78.4 Å². The van der Waals surface area contributed by atoms with Gasteiger partial charge in [0.15, 0.2) is 0 Å². The van der Waals surface area contributed by atoms with E-state index in [0.29, 0.717) is 11.1 Å². The highest BCUT2D eigenvalue weighted by Gasteiger charge is 2.12. The maximum Gasteiger partial charge on any atom is 0.335 e. The molecule has 5 nitrogen and oxygen atoms in total. The highest BCUT2D eigenvalue weighted by molar-refractivity contribution is 9.10. The molecule has 0 fully saturated rings. The monoisotopic (exact) mass is 452 g/mol. The molecule has 6 heteroatoms. The van der Waals surface area contributed by atoms with Crippen molar-refractivity contribution < 1.29 is 14.7 Å². The van der Waals surface area contributed by atoms with Gasteiger partial charge in [-0.1, -0.05) is 40.2 Å². The zero-order valence-corrected chi connectivity index (χ0v) is 17.5. The first-order valence-electron chi connectivity index (χ1n) is 9.16. The van der Waals surface area contributed by atoms with Crippen LogP contribution in [0.5, 0.6) is 0 Å². The Morgan fingerprint density at radius 1 is 0.897 bits per heavy atom. The number of carboxylic acids is 1. The number of carbonyl (C=O) groups is 2. The van der Waals surface area contributed by atoms with E-state index in [-0.39, 0.29) is 5.91 Å². The fourth-order valence-corrected chi connectivity index (χ4v) is 3.34. The molecule has 3 N–H and O–H groups in total. The largest absolute Gasteiger partial charge is 0.478 e. The Kier molecular flexibility index (Phi) is 6.67.